The largest absolute Gasteiger partial charge is 0.493 e. The van der Waals surface area contributed by atoms with Crippen LogP contribution in [0.25, 0.3) is 5.69 Å². The van der Waals surface area contributed by atoms with Crippen LogP contribution in [0, 0.1) is 5.41 Å². The second kappa shape index (κ2) is 5.99. The van der Waals surface area contributed by atoms with Crippen molar-refractivity contribution in [2.24, 2.45) is 5.41 Å². The van der Waals surface area contributed by atoms with Crippen molar-refractivity contribution in [2.75, 3.05) is 20.2 Å². The molecule has 2 heterocycles. The summed E-state index contributed by atoms with van der Waals surface area (Å²) >= 11 is 0. The molecule has 1 amide bonds. The maximum absolute atomic E-state index is 12.8. The van der Waals surface area contributed by atoms with Crippen LogP contribution in [0.4, 0.5) is 0 Å². The lowest BCUT2D eigenvalue weighted by atomic mass is 9.90. The van der Waals surface area contributed by atoms with Crippen LogP contribution in [0.3, 0.4) is 0 Å². The summed E-state index contributed by atoms with van der Waals surface area (Å²) in [5.74, 6) is -0.834. The summed E-state index contributed by atoms with van der Waals surface area (Å²) in [6.07, 6.45) is 2.07. The molecule has 1 aromatic heterocycles. The molecular weight excluding hydrogens is 310 g/mol. The van der Waals surface area contributed by atoms with E-state index in [1.165, 1.54) is 12.0 Å². The van der Waals surface area contributed by atoms with Crippen LogP contribution in [0.1, 0.15) is 23.8 Å². The van der Waals surface area contributed by atoms with Crippen molar-refractivity contribution in [1.82, 2.24) is 14.7 Å². The van der Waals surface area contributed by atoms with Gasteiger partial charge in [-0.15, -0.1) is 0 Å². The van der Waals surface area contributed by atoms with Crippen molar-refractivity contribution >= 4 is 11.9 Å². The van der Waals surface area contributed by atoms with E-state index in [2.05, 4.69) is 5.10 Å². The molecule has 7 heteroatoms. The SMILES string of the molecule is COc1cn(-c2ccccc2)nc1C(=O)N1CCC(C)(C(=O)O)C1. The van der Waals surface area contributed by atoms with Crippen LogP contribution in [-0.4, -0.2) is 51.9 Å². The van der Waals surface area contributed by atoms with Gasteiger partial charge < -0.3 is 14.7 Å². The number of ether oxygens (including phenoxy) is 1. The molecule has 1 fully saturated rings. The van der Waals surface area contributed by atoms with Crippen molar-refractivity contribution in [1.29, 1.82) is 0 Å². The van der Waals surface area contributed by atoms with Gasteiger partial charge in [0, 0.05) is 13.1 Å². The fraction of sp³-hybridized carbons (Fsp3) is 0.353. The number of carboxylic acid groups (broad SMARTS) is 1. The third kappa shape index (κ3) is 2.73. The number of hydrogen-bond donors (Lipinski definition) is 1. The number of carbonyl (C=O) groups excluding carboxylic acids is 1. The number of carboxylic acids is 1. The first kappa shape index (κ1) is 16.0. The smallest absolute Gasteiger partial charge is 0.311 e. The third-order valence-corrected chi connectivity index (χ3v) is 4.40. The monoisotopic (exact) mass is 329 g/mol. The maximum Gasteiger partial charge on any atom is 0.311 e. The van der Waals surface area contributed by atoms with E-state index in [0.717, 1.165) is 5.69 Å². The molecule has 0 spiro atoms. The Hall–Kier alpha value is -2.83. The number of benzene rings is 1. The van der Waals surface area contributed by atoms with Gasteiger partial charge in [0.1, 0.15) is 0 Å². The number of hydrogen-bond acceptors (Lipinski definition) is 4. The van der Waals surface area contributed by atoms with Gasteiger partial charge in [0.25, 0.3) is 5.91 Å². The Labute approximate surface area is 139 Å². The summed E-state index contributed by atoms with van der Waals surface area (Å²) in [6, 6.07) is 9.40. The predicted octanol–water partition coefficient (Wildman–Crippen LogP) is 1.82. The van der Waals surface area contributed by atoms with Crippen LogP contribution in [0.2, 0.25) is 0 Å². The highest BCUT2D eigenvalue weighted by Crippen LogP contribution is 2.32. The fourth-order valence-electron chi connectivity index (χ4n) is 2.83. The molecule has 1 N–H and O–H groups in total. The third-order valence-electron chi connectivity index (χ3n) is 4.40. The molecule has 126 valence electrons. The number of amides is 1. The second-order valence-corrected chi connectivity index (χ2v) is 6.17. The van der Waals surface area contributed by atoms with Gasteiger partial charge in [0.05, 0.1) is 24.4 Å². The molecule has 0 aliphatic carbocycles. The van der Waals surface area contributed by atoms with Gasteiger partial charge in [-0.2, -0.15) is 5.10 Å². The fourth-order valence-corrected chi connectivity index (χ4v) is 2.83. The van der Waals surface area contributed by atoms with Crippen molar-refractivity contribution in [2.45, 2.75) is 13.3 Å². The summed E-state index contributed by atoms with van der Waals surface area (Å²) in [4.78, 5) is 25.6. The quantitative estimate of drug-likeness (QED) is 0.925. The Kier molecular flexibility index (Phi) is 4.01. The van der Waals surface area contributed by atoms with Crippen molar-refractivity contribution < 1.29 is 19.4 Å². The number of aliphatic carboxylic acids is 1. The highest BCUT2D eigenvalue weighted by atomic mass is 16.5. The Balaban J connectivity index is 1.88. The summed E-state index contributed by atoms with van der Waals surface area (Å²) in [5, 5.41) is 13.7. The van der Waals surface area contributed by atoms with Gasteiger partial charge in [0.15, 0.2) is 11.4 Å². The molecule has 3 rings (SSSR count). The zero-order chi connectivity index (χ0) is 17.3. The molecule has 1 unspecified atom stereocenters. The second-order valence-electron chi connectivity index (χ2n) is 6.17. The Morgan fingerprint density at radius 1 is 1.29 bits per heavy atom. The van der Waals surface area contributed by atoms with Gasteiger partial charge in [-0.25, -0.2) is 4.68 Å². The van der Waals surface area contributed by atoms with Crippen molar-refractivity contribution in [3.05, 3.63) is 42.2 Å². The average Bonchev–Trinajstić information content (AvgIpc) is 3.20. The minimum atomic E-state index is -0.912. The molecule has 1 aromatic carbocycles. The van der Waals surface area contributed by atoms with Crippen LogP contribution < -0.4 is 4.74 Å². The maximum atomic E-state index is 12.8. The summed E-state index contributed by atoms with van der Waals surface area (Å²) in [7, 11) is 1.48. The number of rotatable bonds is 4. The van der Waals surface area contributed by atoms with Crippen LogP contribution in [0.5, 0.6) is 5.75 Å². The molecule has 7 nitrogen and oxygen atoms in total. The highest BCUT2D eigenvalue weighted by molar-refractivity contribution is 5.95. The number of aromatic nitrogens is 2. The van der Waals surface area contributed by atoms with E-state index < -0.39 is 11.4 Å². The Morgan fingerprint density at radius 3 is 2.58 bits per heavy atom. The van der Waals surface area contributed by atoms with E-state index >= 15 is 0 Å². The van der Waals surface area contributed by atoms with Gasteiger partial charge in [-0.1, -0.05) is 18.2 Å². The Bertz CT molecular complexity index is 771. The first-order valence-corrected chi connectivity index (χ1v) is 7.66. The zero-order valence-corrected chi connectivity index (χ0v) is 13.6. The van der Waals surface area contributed by atoms with Crippen LogP contribution >= 0.6 is 0 Å². The molecular formula is C17H19N3O4. The first-order valence-electron chi connectivity index (χ1n) is 7.66. The lowest BCUT2D eigenvalue weighted by Gasteiger charge is -2.19. The predicted molar refractivity (Wildman–Crippen MR) is 86.4 cm³/mol. The standard InChI is InChI=1S/C17H19N3O4/c1-17(16(22)23)8-9-19(11-17)15(21)14-13(24-2)10-20(18-14)12-6-4-3-5-7-12/h3-7,10H,8-9,11H2,1-2H3,(H,22,23). The molecule has 24 heavy (non-hydrogen) atoms. The van der Waals surface area contributed by atoms with Crippen LogP contribution in [0.15, 0.2) is 36.5 Å². The van der Waals surface area contributed by atoms with Crippen LogP contribution in [-0.2, 0) is 4.79 Å². The van der Waals surface area contributed by atoms with Gasteiger partial charge in [-0.05, 0) is 25.5 Å². The number of nitrogens with zero attached hydrogens (tertiary/aromatic N) is 3. The molecule has 0 radical (unpaired) electrons. The van der Waals surface area contributed by atoms with Crippen molar-refractivity contribution in [3.8, 4) is 11.4 Å². The van der Waals surface area contributed by atoms with E-state index in [9.17, 15) is 14.7 Å². The van der Waals surface area contributed by atoms with Gasteiger partial charge in [0.2, 0.25) is 0 Å². The lowest BCUT2D eigenvalue weighted by Crippen LogP contribution is -2.35. The highest BCUT2D eigenvalue weighted by Gasteiger charge is 2.43. The summed E-state index contributed by atoms with van der Waals surface area (Å²) in [5.41, 5.74) is 0.0906. The number of para-hydroxylation sites is 1. The minimum Gasteiger partial charge on any atom is -0.493 e. The van der Waals surface area contributed by atoms with E-state index in [0.29, 0.717) is 18.7 Å². The molecule has 0 saturated carbocycles. The van der Waals surface area contributed by atoms with Gasteiger partial charge in [-0.3, -0.25) is 9.59 Å². The topological polar surface area (TPSA) is 84.7 Å². The molecule has 1 atom stereocenters. The zero-order valence-electron chi connectivity index (χ0n) is 13.6. The van der Waals surface area contributed by atoms with E-state index in [-0.39, 0.29) is 18.1 Å². The normalized spacial score (nSPS) is 20.2. The van der Waals surface area contributed by atoms with E-state index in [4.69, 9.17) is 4.74 Å². The minimum absolute atomic E-state index is 0.169. The summed E-state index contributed by atoms with van der Waals surface area (Å²) in [6.45, 7) is 2.22. The van der Waals surface area contributed by atoms with E-state index in [1.807, 2.05) is 30.3 Å². The van der Waals surface area contributed by atoms with Crippen molar-refractivity contribution in [3.63, 3.8) is 0 Å². The van der Waals surface area contributed by atoms with Gasteiger partial charge >= 0.3 is 5.97 Å². The molecule has 1 aliphatic heterocycles. The Morgan fingerprint density at radius 2 is 2.00 bits per heavy atom. The summed E-state index contributed by atoms with van der Waals surface area (Å²) < 4.78 is 6.86. The van der Waals surface area contributed by atoms with E-state index in [1.54, 1.807) is 17.8 Å². The molecule has 0 bridgehead atoms. The average molecular weight is 329 g/mol. The number of methoxy groups -OCH3 is 1. The molecule has 1 aliphatic rings. The lowest BCUT2D eigenvalue weighted by molar-refractivity contribution is -0.147. The first-order chi connectivity index (χ1) is 11.4. The number of likely N-dealkylation sites (tertiary alicyclic amines) is 1. The number of carbonyl (C=O) groups is 2. The molecule has 2 aromatic rings. The molecule has 1 saturated heterocycles.